The minimum Gasteiger partial charge on any atom is -0.462 e. The van der Waals surface area contributed by atoms with Crippen molar-refractivity contribution in [2.75, 3.05) is 18.1 Å². The van der Waals surface area contributed by atoms with Crippen LogP contribution < -0.4 is 5.73 Å². The number of thioether (sulfide) groups is 1. The lowest BCUT2D eigenvalue weighted by molar-refractivity contribution is 0.0508. The zero-order valence-electron chi connectivity index (χ0n) is 12.5. The number of aromatic nitrogens is 2. The van der Waals surface area contributed by atoms with Crippen molar-refractivity contribution >= 4 is 34.3 Å². The Bertz CT molecular complexity index is 816. The van der Waals surface area contributed by atoms with E-state index in [9.17, 15) is 4.79 Å². The van der Waals surface area contributed by atoms with Crippen LogP contribution >= 0.6 is 11.8 Å². The van der Waals surface area contributed by atoms with Crippen LogP contribution in [0.15, 0.2) is 53.8 Å². The first kappa shape index (κ1) is 15.4. The number of benzene rings is 1. The number of aromatic amines is 1. The molecule has 0 bridgehead atoms. The number of carbonyl (C=O) groups is 1. The normalized spacial score (nSPS) is 10.8. The van der Waals surface area contributed by atoms with Crippen LogP contribution in [0.3, 0.4) is 0 Å². The quantitative estimate of drug-likeness (QED) is 0.411. The molecule has 118 valence electrons. The summed E-state index contributed by atoms with van der Waals surface area (Å²) in [6.45, 7) is 0.383. The van der Waals surface area contributed by atoms with Gasteiger partial charge in [-0.1, -0.05) is 12.1 Å². The number of anilines is 1. The molecule has 0 unspecified atom stereocenters. The second-order valence-corrected chi connectivity index (χ2v) is 6.14. The van der Waals surface area contributed by atoms with Gasteiger partial charge < -0.3 is 15.5 Å². The summed E-state index contributed by atoms with van der Waals surface area (Å²) in [6, 6.07) is 9.40. The Labute approximate surface area is 138 Å². The third-order valence-electron chi connectivity index (χ3n) is 3.40. The van der Waals surface area contributed by atoms with Crippen LogP contribution in [0.25, 0.3) is 10.9 Å². The standard InChI is InChI=1S/C17H17N3O2S/c18-14-11-19-7-6-15(14)23-10-2-9-22-17(21)13-4-1-3-12-5-8-20-16(12)13/h1,3-8,11,20H,2,9-10,18H2. The van der Waals surface area contributed by atoms with Gasteiger partial charge in [-0.15, -0.1) is 11.8 Å². The molecule has 3 rings (SSSR count). The second kappa shape index (κ2) is 7.19. The first-order chi connectivity index (χ1) is 11.3. The third kappa shape index (κ3) is 3.65. The summed E-state index contributed by atoms with van der Waals surface area (Å²) in [7, 11) is 0. The number of esters is 1. The molecule has 0 spiro atoms. The predicted octanol–water partition coefficient (Wildman–Crippen LogP) is 3.48. The molecule has 3 aromatic rings. The lowest BCUT2D eigenvalue weighted by atomic mass is 10.1. The Balaban J connectivity index is 1.48. The van der Waals surface area contributed by atoms with Crippen molar-refractivity contribution in [3.63, 3.8) is 0 Å². The van der Waals surface area contributed by atoms with Crippen molar-refractivity contribution in [2.24, 2.45) is 0 Å². The summed E-state index contributed by atoms with van der Waals surface area (Å²) in [4.78, 5) is 20.2. The van der Waals surface area contributed by atoms with Crippen molar-refractivity contribution in [1.82, 2.24) is 9.97 Å². The van der Waals surface area contributed by atoms with E-state index in [2.05, 4.69) is 9.97 Å². The highest BCUT2D eigenvalue weighted by atomic mass is 32.2. The van der Waals surface area contributed by atoms with Crippen molar-refractivity contribution in [3.8, 4) is 0 Å². The van der Waals surface area contributed by atoms with Crippen molar-refractivity contribution in [1.29, 1.82) is 0 Å². The van der Waals surface area contributed by atoms with Gasteiger partial charge in [0.25, 0.3) is 0 Å². The van der Waals surface area contributed by atoms with Crippen LogP contribution in [0.2, 0.25) is 0 Å². The minimum absolute atomic E-state index is 0.300. The highest BCUT2D eigenvalue weighted by molar-refractivity contribution is 7.99. The monoisotopic (exact) mass is 327 g/mol. The van der Waals surface area contributed by atoms with E-state index in [4.69, 9.17) is 10.5 Å². The highest BCUT2D eigenvalue weighted by Gasteiger charge is 2.11. The zero-order chi connectivity index (χ0) is 16.1. The largest absolute Gasteiger partial charge is 0.462 e. The van der Waals surface area contributed by atoms with E-state index < -0.39 is 0 Å². The summed E-state index contributed by atoms with van der Waals surface area (Å²) in [5.74, 6) is 0.528. The molecule has 2 aromatic heterocycles. The Morgan fingerprint density at radius 3 is 3.09 bits per heavy atom. The minimum atomic E-state index is -0.300. The van der Waals surface area contributed by atoms with E-state index in [0.29, 0.717) is 17.9 Å². The Morgan fingerprint density at radius 2 is 2.22 bits per heavy atom. The van der Waals surface area contributed by atoms with Gasteiger partial charge in [0.05, 0.1) is 29.6 Å². The first-order valence-corrected chi connectivity index (χ1v) is 8.30. The maximum absolute atomic E-state index is 12.2. The molecule has 6 heteroatoms. The van der Waals surface area contributed by atoms with Gasteiger partial charge in [-0.2, -0.15) is 0 Å². The lowest BCUT2D eigenvalue weighted by Crippen LogP contribution is -2.07. The molecule has 1 aromatic carbocycles. The van der Waals surface area contributed by atoms with Gasteiger partial charge in [0, 0.05) is 28.4 Å². The number of rotatable bonds is 6. The molecule has 2 heterocycles. The molecule has 0 saturated carbocycles. The van der Waals surface area contributed by atoms with E-state index >= 15 is 0 Å². The van der Waals surface area contributed by atoms with Crippen LogP contribution in [0.4, 0.5) is 5.69 Å². The average Bonchev–Trinajstić information content (AvgIpc) is 3.04. The van der Waals surface area contributed by atoms with Crippen LogP contribution in [0.1, 0.15) is 16.8 Å². The molecular weight excluding hydrogens is 310 g/mol. The van der Waals surface area contributed by atoms with Crippen LogP contribution in [-0.4, -0.2) is 28.3 Å². The van der Waals surface area contributed by atoms with Crippen LogP contribution in [0.5, 0.6) is 0 Å². The van der Waals surface area contributed by atoms with E-state index in [-0.39, 0.29) is 5.97 Å². The number of ether oxygens (including phenoxy) is 1. The van der Waals surface area contributed by atoms with Gasteiger partial charge in [-0.05, 0) is 24.6 Å². The molecule has 0 amide bonds. The number of fused-ring (bicyclic) bond motifs is 1. The number of para-hydroxylation sites is 1. The number of nitrogens with zero attached hydrogens (tertiary/aromatic N) is 1. The Morgan fingerprint density at radius 1 is 1.30 bits per heavy atom. The molecule has 0 radical (unpaired) electrons. The third-order valence-corrected chi connectivity index (χ3v) is 4.57. The predicted molar refractivity (Wildman–Crippen MR) is 92.6 cm³/mol. The van der Waals surface area contributed by atoms with Gasteiger partial charge in [0.1, 0.15) is 0 Å². The highest BCUT2D eigenvalue weighted by Crippen LogP contribution is 2.24. The van der Waals surface area contributed by atoms with E-state index in [1.165, 1.54) is 0 Å². The lowest BCUT2D eigenvalue weighted by Gasteiger charge is -2.07. The van der Waals surface area contributed by atoms with E-state index in [1.807, 2.05) is 30.5 Å². The number of pyridine rings is 1. The molecular formula is C17H17N3O2S. The zero-order valence-corrected chi connectivity index (χ0v) is 13.3. The van der Waals surface area contributed by atoms with E-state index in [1.54, 1.807) is 30.2 Å². The van der Waals surface area contributed by atoms with Gasteiger partial charge in [-0.3, -0.25) is 4.98 Å². The SMILES string of the molecule is Nc1cnccc1SCCCOC(=O)c1cccc2cc[nH]c12. The number of H-pyrrole nitrogens is 1. The van der Waals surface area contributed by atoms with Crippen LogP contribution in [-0.2, 0) is 4.74 Å². The summed E-state index contributed by atoms with van der Waals surface area (Å²) < 4.78 is 5.36. The van der Waals surface area contributed by atoms with Gasteiger partial charge in [0.2, 0.25) is 0 Å². The number of carbonyl (C=O) groups excluding carboxylic acids is 1. The Hall–Kier alpha value is -2.47. The summed E-state index contributed by atoms with van der Waals surface area (Å²) >= 11 is 1.64. The number of hydrogen-bond acceptors (Lipinski definition) is 5. The fourth-order valence-electron chi connectivity index (χ4n) is 2.26. The fraction of sp³-hybridized carbons (Fsp3) is 0.176. The summed E-state index contributed by atoms with van der Waals surface area (Å²) in [6.07, 6.45) is 5.94. The molecule has 23 heavy (non-hydrogen) atoms. The van der Waals surface area contributed by atoms with E-state index in [0.717, 1.165) is 28.0 Å². The molecule has 0 aliphatic carbocycles. The molecule has 0 aliphatic heterocycles. The van der Waals surface area contributed by atoms with Crippen molar-refractivity contribution < 1.29 is 9.53 Å². The number of nitrogen functional groups attached to an aromatic ring is 1. The maximum atomic E-state index is 12.2. The Kier molecular flexibility index (Phi) is 4.83. The molecule has 0 saturated heterocycles. The number of nitrogens with one attached hydrogen (secondary N) is 1. The molecule has 0 fully saturated rings. The molecule has 5 nitrogen and oxygen atoms in total. The van der Waals surface area contributed by atoms with Gasteiger partial charge in [0.15, 0.2) is 0 Å². The molecule has 0 aliphatic rings. The maximum Gasteiger partial charge on any atom is 0.340 e. The molecule has 3 N–H and O–H groups in total. The summed E-state index contributed by atoms with van der Waals surface area (Å²) in [5, 5.41) is 1.00. The fourth-order valence-corrected chi connectivity index (χ4v) is 3.12. The smallest absolute Gasteiger partial charge is 0.340 e. The van der Waals surface area contributed by atoms with Crippen molar-refractivity contribution in [2.45, 2.75) is 11.3 Å². The topological polar surface area (TPSA) is 81.0 Å². The second-order valence-electron chi connectivity index (χ2n) is 5.00. The van der Waals surface area contributed by atoms with Gasteiger partial charge in [-0.25, -0.2) is 4.79 Å². The van der Waals surface area contributed by atoms with Gasteiger partial charge >= 0.3 is 5.97 Å². The average molecular weight is 327 g/mol. The van der Waals surface area contributed by atoms with Crippen LogP contribution in [0, 0.1) is 0 Å². The first-order valence-electron chi connectivity index (χ1n) is 7.31. The summed E-state index contributed by atoms with van der Waals surface area (Å²) in [5.41, 5.74) is 7.89. The number of hydrogen-bond donors (Lipinski definition) is 2. The number of nitrogens with two attached hydrogens (primary N) is 1. The molecule has 0 atom stereocenters. The van der Waals surface area contributed by atoms with Crippen molar-refractivity contribution in [3.05, 3.63) is 54.5 Å².